The summed E-state index contributed by atoms with van der Waals surface area (Å²) in [6.07, 6.45) is 4.41. The first-order valence-corrected chi connectivity index (χ1v) is 10.4. The van der Waals surface area contributed by atoms with Gasteiger partial charge in [-0.1, -0.05) is 36.4 Å². The summed E-state index contributed by atoms with van der Waals surface area (Å²) in [5.74, 6) is 1.68. The molecule has 0 N–H and O–H groups in total. The van der Waals surface area contributed by atoms with Crippen molar-refractivity contribution < 1.29 is 14.3 Å². The minimum Gasteiger partial charge on any atom is -0.454 e. The zero-order valence-corrected chi connectivity index (χ0v) is 16.8. The summed E-state index contributed by atoms with van der Waals surface area (Å²) in [5, 5.41) is 0. The van der Waals surface area contributed by atoms with Gasteiger partial charge >= 0.3 is 0 Å². The standard InChI is InChI=1S/C25H24N2O3/c28-25(21-10-9-19-5-1-2-6-20(19)14-21)27(16-22-7-3-4-12-26-22)15-18-8-11-23-24(13-18)30-17-29-23/h1-8,11-13,21H,9-10,14-17H2/t21-/m0/s1. The van der Waals surface area contributed by atoms with E-state index in [9.17, 15) is 4.79 Å². The molecule has 0 bridgehead atoms. The van der Waals surface area contributed by atoms with E-state index < -0.39 is 0 Å². The molecule has 5 rings (SSSR count). The van der Waals surface area contributed by atoms with E-state index in [1.54, 1.807) is 6.20 Å². The van der Waals surface area contributed by atoms with Crippen molar-refractivity contribution in [3.05, 3.63) is 89.2 Å². The minimum atomic E-state index is -0.00220. The third kappa shape index (κ3) is 3.88. The highest BCUT2D eigenvalue weighted by molar-refractivity contribution is 5.79. The molecule has 2 heterocycles. The Morgan fingerprint density at radius 1 is 0.967 bits per heavy atom. The highest BCUT2D eigenvalue weighted by Gasteiger charge is 2.29. The van der Waals surface area contributed by atoms with Crippen LogP contribution in [0.25, 0.3) is 0 Å². The molecular formula is C25H24N2O3. The first-order valence-electron chi connectivity index (χ1n) is 10.4. The van der Waals surface area contributed by atoms with Crippen molar-refractivity contribution in [2.45, 2.75) is 32.4 Å². The lowest BCUT2D eigenvalue weighted by atomic mass is 9.83. The van der Waals surface area contributed by atoms with Crippen LogP contribution in [0.3, 0.4) is 0 Å². The molecule has 1 aliphatic carbocycles. The topological polar surface area (TPSA) is 51.7 Å². The first kappa shape index (κ1) is 18.7. The number of nitrogens with zero attached hydrogens (tertiary/aromatic N) is 2. The van der Waals surface area contributed by atoms with E-state index >= 15 is 0 Å². The van der Waals surface area contributed by atoms with Gasteiger partial charge in [0, 0.05) is 18.7 Å². The molecule has 0 saturated carbocycles. The van der Waals surface area contributed by atoms with Gasteiger partial charge in [-0.15, -0.1) is 0 Å². The molecule has 5 nitrogen and oxygen atoms in total. The molecule has 0 saturated heterocycles. The molecule has 0 radical (unpaired) electrons. The lowest BCUT2D eigenvalue weighted by Crippen LogP contribution is -2.37. The van der Waals surface area contributed by atoms with Gasteiger partial charge in [-0.05, 0) is 60.2 Å². The summed E-state index contributed by atoms with van der Waals surface area (Å²) < 4.78 is 10.9. The normalized spacial score (nSPS) is 16.7. The van der Waals surface area contributed by atoms with E-state index in [0.29, 0.717) is 13.1 Å². The lowest BCUT2D eigenvalue weighted by molar-refractivity contribution is -0.137. The lowest BCUT2D eigenvalue weighted by Gasteiger charge is -2.30. The number of amides is 1. The Bertz CT molecular complexity index is 1050. The Kier molecular flexibility index (Phi) is 5.10. The van der Waals surface area contributed by atoms with Crippen LogP contribution in [-0.4, -0.2) is 22.6 Å². The molecule has 1 aromatic heterocycles. The van der Waals surface area contributed by atoms with Gasteiger partial charge in [0.2, 0.25) is 12.7 Å². The molecule has 5 heteroatoms. The molecule has 1 atom stereocenters. The highest BCUT2D eigenvalue weighted by Crippen LogP contribution is 2.33. The fraction of sp³-hybridized carbons (Fsp3) is 0.280. The van der Waals surface area contributed by atoms with Gasteiger partial charge in [0.05, 0.1) is 12.2 Å². The average molecular weight is 400 g/mol. The number of rotatable bonds is 5. The van der Waals surface area contributed by atoms with Crippen LogP contribution in [0.5, 0.6) is 11.5 Å². The van der Waals surface area contributed by atoms with Crippen LogP contribution in [0.2, 0.25) is 0 Å². The summed E-state index contributed by atoms with van der Waals surface area (Å²) >= 11 is 0. The van der Waals surface area contributed by atoms with Crippen LogP contribution >= 0.6 is 0 Å². The molecular weight excluding hydrogens is 376 g/mol. The summed E-state index contributed by atoms with van der Waals surface area (Å²) in [7, 11) is 0. The predicted molar refractivity (Wildman–Crippen MR) is 113 cm³/mol. The van der Waals surface area contributed by atoms with Crippen LogP contribution in [0.4, 0.5) is 0 Å². The van der Waals surface area contributed by atoms with Gasteiger partial charge in [0.1, 0.15) is 0 Å². The smallest absolute Gasteiger partial charge is 0.231 e. The van der Waals surface area contributed by atoms with Crippen molar-refractivity contribution in [3.8, 4) is 11.5 Å². The van der Waals surface area contributed by atoms with Gasteiger partial charge in [-0.3, -0.25) is 9.78 Å². The van der Waals surface area contributed by atoms with Crippen molar-refractivity contribution in [1.29, 1.82) is 0 Å². The number of carbonyl (C=O) groups is 1. The third-order valence-corrected chi connectivity index (χ3v) is 5.90. The molecule has 0 unspecified atom stereocenters. The molecule has 0 fully saturated rings. The fourth-order valence-electron chi connectivity index (χ4n) is 4.33. The quantitative estimate of drug-likeness (QED) is 0.646. The van der Waals surface area contributed by atoms with Crippen LogP contribution < -0.4 is 9.47 Å². The second-order valence-electron chi connectivity index (χ2n) is 7.91. The number of fused-ring (bicyclic) bond motifs is 2. The van der Waals surface area contributed by atoms with Crippen molar-refractivity contribution in [2.75, 3.05) is 6.79 Å². The summed E-state index contributed by atoms with van der Waals surface area (Å²) in [4.78, 5) is 20.0. The van der Waals surface area contributed by atoms with Crippen LogP contribution in [-0.2, 0) is 30.7 Å². The largest absolute Gasteiger partial charge is 0.454 e. The first-order chi connectivity index (χ1) is 14.8. The van der Waals surface area contributed by atoms with E-state index in [1.165, 1.54) is 11.1 Å². The Morgan fingerprint density at radius 2 is 1.80 bits per heavy atom. The number of carbonyl (C=O) groups excluding carboxylic acids is 1. The van der Waals surface area contributed by atoms with Crippen molar-refractivity contribution in [2.24, 2.45) is 5.92 Å². The maximum absolute atomic E-state index is 13.6. The summed E-state index contributed by atoms with van der Waals surface area (Å²) in [5.41, 5.74) is 4.58. The van der Waals surface area contributed by atoms with Crippen molar-refractivity contribution >= 4 is 5.91 Å². The number of ether oxygens (including phenoxy) is 2. The van der Waals surface area contributed by atoms with Gasteiger partial charge in [-0.25, -0.2) is 0 Å². The van der Waals surface area contributed by atoms with E-state index in [0.717, 1.165) is 42.0 Å². The van der Waals surface area contributed by atoms with Crippen molar-refractivity contribution in [1.82, 2.24) is 9.88 Å². The molecule has 0 spiro atoms. The SMILES string of the molecule is O=C([C@H]1CCc2ccccc2C1)N(Cc1ccc2c(c1)OCO2)Cc1ccccn1. The second-order valence-corrected chi connectivity index (χ2v) is 7.91. The zero-order chi connectivity index (χ0) is 20.3. The van der Waals surface area contributed by atoms with Gasteiger partial charge in [-0.2, -0.15) is 0 Å². The fourth-order valence-corrected chi connectivity index (χ4v) is 4.33. The number of aromatic nitrogens is 1. The number of benzene rings is 2. The van der Waals surface area contributed by atoms with E-state index in [4.69, 9.17) is 9.47 Å². The van der Waals surface area contributed by atoms with Gasteiger partial charge in [0.25, 0.3) is 0 Å². The number of aryl methyl sites for hydroxylation is 1. The van der Waals surface area contributed by atoms with E-state index in [1.807, 2.05) is 41.3 Å². The van der Waals surface area contributed by atoms with Crippen LogP contribution in [0, 0.1) is 5.92 Å². The van der Waals surface area contributed by atoms with Gasteiger partial charge in [0.15, 0.2) is 11.5 Å². The summed E-state index contributed by atoms with van der Waals surface area (Å²) in [6.45, 7) is 1.26. The molecule has 3 aromatic rings. The number of hydrogen-bond donors (Lipinski definition) is 0. The minimum absolute atomic E-state index is 0.00220. The van der Waals surface area contributed by atoms with E-state index in [2.05, 4.69) is 29.2 Å². The highest BCUT2D eigenvalue weighted by atomic mass is 16.7. The average Bonchev–Trinajstić information content (AvgIpc) is 3.26. The Balaban J connectivity index is 1.38. The Hall–Kier alpha value is -3.34. The summed E-state index contributed by atoms with van der Waals surface area (Å²) in [6, 6.07) is 20.2. The van der Waals surface area contributed by atoms with Crippen molar-refractivity contribution in [3.63, 3.8) is 0 Å². The second kappa shape index (κ2) is 8.19. The Morgan fingerprint density at radius 3 is 2.67 bits per heavy atom. The van der Waals surface area contributed by atoms with Crippen LogP contribution in [0.1, 0.15) is 28.8 Å². The molecule has 2 aliphatic rings. The maximum Gasteiger partial charge on any atom is 0.231 e. The molecule has 30 heavy (non-hydrogen) atoms. The molecule has 152 valence electrons. The molecule has 2 aromatic carbocycles. The zero-order valence-electron chi connectivity index (χ0n) is 16.8. The van der Waals surface area contributed by atoms with Crippen LogP contribution in [0.15, 0.2) is 66.9 Å². The number of pyridine rings is 1. The van der Waals surface area contributed by atoms with Gasteiger partial charge < -0.3 is 14.4 Å². The van der Waals surface area contributed by atoms with E-state index in [-0.39, 0.29) is 18.6 Å². The third-order valence-electron chi connectivity index (χ3n) is 5.90. The molecule has 1 amide bonds. The monoisotopic (exact) mass is 400 g/mol. The number of hydrogen-bond acceptors (Lipinski definition) is 4. The maximum atomic E-state index is 13.6. The predicted octanol–water partition coefficient (Wildman–Crippen LogP) is 4.14. The Labute approximate surface area is 176 Å². The molecule has 1 aliphatic heterocycles.